The molecule has 1 N–H and O–H groups in total. The summed E-state index contributed by atoms with van der Waals surface area (Å²) in [6, 6.07) is 0. The molecule has 0 bridgehead atoms. The van der Waals surface area contributed by atoms with Crippen LogP contribution in [0, 0.1) is 11.8 Å². The molecule has 1 saturated carbocycles. The lowest BCUT2D eigenvalue weighted by Gasteiger charge is -2.36. The van der Waals surface area contributed by atoms with Crippen LogP contribution in [0.15, 0.2) is 12.2 Å². The maximum atomic E-state index is 9.08. The first kappa shape index (κ1) is 4.57. The fraction of sp³-hybridized carbons (Fsp3) is 0.714. The van der Waals surface area contributed by atoms with Crippen molar-refractivity contribution in [2.75, 3.05) is 0 Å². The molecule has 1 fully saturated rings. The van der Waals surface area contributed by atoms with E-state index in [0.717, 1.165) is 18.8 Å². The van der Waals surface area contributed by atoms with Gasteiger partial charge < -0.3 is 5.11 Å². The van der Waals surface area contributed by atoms with Crippen LogP contribution in [-0.2, 0) is 0 Å². The zero-order valence-electron chi connectivity index (χ0n) is 4.75. The molecule has 2 aliphatic carbocycles. The highest BCUT2D eigenvalue weighted by Gasteiger charge is 2.39. The van der Waals surface area contributed by atoms with Crippen molar-refractivity contribution < 1.29 is 5.11 Å². The van der Waals surface area contributed by atoms with Crippen molar-refractivity contribution in [1.29, 1.82) is 0 Å². The molecular weight excluding hydrogens is 100 g/mol. The summed E-state index contributed by atoms with van der Waals surface area (Å²) in [6.07, 6.45) is 6.57. The van der Waals surface area contributed by atoms with Gasteiger partial charge in [0.25, 0.3) is 0 Å². The van der Waals surface area contributed by atoms with Crippen molar-refractivity contribution in [2.24, 2.45) is 11.8 Å². The Morgan fingerprint density at radius 3 is 2.88 bits per heavy atom. The zero-order valence-corrected chi connectivity index (χ0v) is 4.75. The van der Waals surface area contributed by atoms with E-state index in [1.165, 1.54) is 0 Å². The lowest BCUT2D eigenvalue weighted by molar-refractivity contribution is -0.00322. The number of fused-ring (bicyclic) bond motifs is 1. The van der Waals surface area contributed by atoms with Crippen LogP contribution in [0.4, 0.5) is 0 Å². The minimum Gasteiger partial charge on any atom is -0.393 e. The third-order valence-corrected chi connectivity index (χ3v) is 2.35. The molecule has 2 rings (SSSR count). The maximum absolute atomic E-state index is 9.08. The van der Waals surface area contributed by atoms with Gasteiger partial charge in [-0.3, -0.25) is 0 Å². The van der Waals surface area contributed by atoms with E-state index in [-0.39, 0.29) is 6.10 Å². The van der Waals surface area contributed by atoms with E-state index in [1.54, 1.807) is 0 Å². The van der Waals surface area contributed by atoms with E-state index in [1.807, 2.05) is 0 Å². The topological polar surface area (TPSA) is 20.2 Å². The number of hydrogen-bond acceptors (Lipinski definition) is 1. The molecule has 1 heteroatoms. The van der Waals surface area contributed by atoms with Gasteiger partial charge >= 0.3 is 0 Å². The lowest BCUT2D eigenvalue weighted by atomic mass is 9.73. The van der Waals surface area contributed by atoms with Gasteiger partial charge in [-0.1, -0.05) is 12.2 Å². The van der Waals surface area contributed by atoms with Gasteiger partial charge in [-0.05, 0) is 24.7 Å². The molecule has 0 saturated heterocycles. The summed E-state index contributed by atoms with van der Waals surface area (Å²) < 4.78 is 0. The Hall–Kier alpha value is -0.300. The molecule has 0 heterocycles. The maximum Gasteiger partial charge on any atom is 0.0582 e. The summed E-state index contributed by atoms with van der Waals surface area (Å²) in [6.45, 7) is 0. The van der Waals surface area contributed by atoms with Gasteiger partial charge in [0.15, 0.2) is 0 Å². The van der Waals surface area contributed by atoms with Crippen molar-refractivity contribution in [2.45, 2.75) is 18.9 Å². The quantitative estimate of drug-likeness (QED) is 0.460. The molecule has 0 aromatic carbocycles. The summed E-state index contributed by atoms with van der Waals surface area (Å²) in [5.41, 5.74) is 0. The number of rotatable bonds is 0. The van der Waals surface area contributed by atoms with Crippen LogP contribution in [-0.4, -0.2) is 11.2 Å². The number of allylic oxidation sites excluding steroid dienone is 2. The Kier molecular flexibility index (Phi) is 0.770. The number of hydrogen-bond donors (Lipinski definition) is 1. The van der Waals surface area contributed by atoms with Crippen molar-refractivity contribution >= 4 is 0 Å². The van der Waals surface area contributed by atoms with E-state index < -0.39 is 0 Å². The van der Waals surface area contributed by atoms with Gasteiger partial charge in [-0.25, -0.2) is 0 Å². The molecule has 3 atom stereocenters. The summed E-state index contributed by atoms with van der Waals surface area (Å²) in [7, 11) is 0. The van der Waals surface area contributed by atoms with Gasteiger partial charge in [-0.15, -0.1) is 0 Å². The summed E-state index contributed by atoms with van der Waals surface area (Å²) >= 11 is 0. The summed E-state index contributed by atoms with van der Waals surface area (Å²) in [5, 5.41) is 9.08. The smallest absolute Gasteiger partial charge is 0.0582 e. The Balaban J connectivity index is 2.08. The molecule has 0 spiro atoms. The van der Waals surface area contributed by atoms with E-state index >= 15 is 0 Å². The molecule has 44 valence electrons. The molecule has 0 radical (unpaired) electrons. The van der Waals surface area contributed by atoms with E-state index in [9.17, 15) is 0 Å². The third kappa shape index (κ3) is 0.402. The average molecular weight is 110 g/mol. The highest BCUT2D eigenvalue weighted by atomic mass is 16.3. The van der Waals surface area contributed by atoms with Crippen molar-refractivity contribution in [3.8, 4) is 0 Å². The molecule has 0 aliphatic heterocycles. The highest BCUT2D eigenvalue weighted by Crippen LogP contribution is 2.42. The average Bonchev–Trinajstić information content (AvgIpc) is 2.09. The van der Waals surface area contributed by atoms with Crippen LogP contribution in [0.5, 0.6) is 0 Å². The molecule has 0 aromatic heterocycles. The predicted molar refractivity (Wildman–Crippen MR) is 31.4 cm³/mol. The second-order valence-electron chi connectivity index (χ2n) is 2.79. The molecule has 0 unspecified atom stereocenters. The minimum atomic E-state index is 0.0231. The minimum absolute atomic E-state index is 0.0231. The highest BCUT2D eigenvalue weighted by molar-refractivity contribution is 5.09. The van der Waals surface area contributed by atoms with Crippen molar-refractivity contribution in [1.82, 2.24) is 0 Å². The van der Waals surface area contributed by atoms with Gasteiger partial charge in [0.2, 0.25) is 0 Å². The molecule has 1 nitrogen and oxygen atoms in total. The predicted octanol–water partition coefficient (Wildman–Crippen LogP) is 0.943. The fourth-order valence-corrected chi connectivity index (χ4v) is 1.68. The second kappa shape index (κ2) is 1.35. The summed E-state index contributed by atoms with van der Waals surface area (Å²) in [4.78, 5) is 0. The van der Waals surface area contributed by atoms with Crippen LogP contribution < -0.4 is 0 Å². The summed E-state index contributed by atoms with van der Waals surface area (Å²) in [5.74, 6) is 1.35. The van der Waals surface area contributed by atoms with Gasteiger partial charge in [0, 0.05) is 0 Å². The molecule has 2 aliphatic rings. The van der Waals surface area contributed by atoms with Crippen LogP contribution >= 0.6 is 0 Å². The third-order valence-electron chi connectivity index (χ3n) is 2.35. The van der Waals surface area contributed by atoms with Crippen molar-refractivity contribution in [3.05, 3.63) is 12.2 Å². The van der Waals surface area contributed by atoms with Gasteiger partial charge in [-0.2, -0.15) is 0 Å². The van der Waals surface area contributed by atoms with Crippen molar-refractivity contribution in [3.63, 3.8) is 0 Å². The first-order chi connectivity index (χ1) is 3.88. The van der Waals surface area contributed by atoms with Crippen LogP contribution in [0.3, 0.4) is 0 Å². The Bertz CT molecular complexity index is 128. The Morgan fingerprint density at radius 1 is 1.50 bits per heavy atom. The molecule has 0 aromatic rings. The molecule has 0 amide bonds. The van der Waals surface area contributed by atoms with Gasteiger partial charge in [0.05, 0.1) is 6.10 Å². The van der Waals surface area contributed by atoms with Crippen LogP contribution in [0.25, 0.3) is 0 Å². The standard InChI is InChI=1S/C7H10O/c8-7-4-5-2-1-3-6(5)7/h1-2,5-8H,3-4H2/t5-,6-,7+/m0/s1. The van der Waals surface area contributed by atoms with E-state index in [2.05, 4.69) is 12.2 Å². The molecule has 8 heavy (non-hydrogen) atoms. The van der Waals surface area contributed by atoms with E-state index in [4.69, 9.17) is 5.11 Å². The number of aliphatic hydroxyl groups is 1. The van der Waals surface area contributed by atoms with Gasteiger partial charge in [0.1, 0.15) is 0 Å². The van der Waals surface area contributed by atoms with Crippen LogP contribution in [0.1, 0.15) is 12.8 Å². The Morgan fingerprint density at radius 2 is 2.38 bits per heavy atom. The van der Waals surface area contributed by atoms with E-state index in [0.29, 0.717) is 5.92 Å². The first-order valence-corrected chi connectivity index (χ1v) is 3.22. The first-order valence-electron chi connectivity index (χ1n) is 3.22. The SMILES string of the molecule is O[C@@H]1C[C@@H]2C=CC[C@H]12. The fourth-order valence-electron chi connectivity index (χ4n) is 1.68. The largest absolute Gasteiger partial charge is 0.393 e. The monoisotopic (exact) mass is 110 g/mol. The van der Waals surface area contributed by atoms with Crippen LogP contribution in [0.2, 0.25) is 0 Å². The lowest BCUT2D eigenvalue weighted by Crippen LogP contribution is -2.37. The molecular formula is C7H10O. The zero-order chi connectivity index (χ0) is 5.56. The second-order valence-corrected chi connectivity index (χ2v) is 2.79. The number of aliphatic hydroxyl groups excluding tert-OH is 1. The normalized spacial score (nSPS) is 50.9. The Labute approximate surface area is 49.0 Å².